The monoisotopic (exact) mass is 351 g/mol. The standard InChI is InChI=1S/C23H29NO2/c1-4-26-22(25)23(19-11-7-5-8-12-19,20-13-9-6-10-14-20)21-15-16-24(17-21)18(2)3/h5-14,18,21H,4,15-17H2,1-3H3/t21-/m0/s1. The number of benzene rings is 2. The van der Waals surface area contributed by atoms with Crippen LogP contribution in [-0.4, -0.2) is 36.6 Å². The lowest BCUT2D eigenvalue weighted by molar-refractivity contribution is -0.150. The summed E-state index contributed by atoms with van der Waals surface area (Å²) in [5.74, 6) is 0.0572. The molecule has 1 saturated heterocycles. The molecule has 1 fully saturated rings. The van der Waals surface area contributed by atoms with E-state index in [0.29, 0.717) is 12.6 Å². The highest BCUT2D eigenvalue weighted by Gasteiger charge is 2.52. The van der Waals surface area contributed by atoms with Gasteiger partial charge in [-0.25, -0.2) is 0 Å². The third-order valence-corrected chi connectivity index (χ3v) is 5.62. The van der Waals surface area contributed by atoms with Crippen LogP contribution < -0.4 is 0 Å². The topological polar surface area (TPSA) is 29.5 Å². The van der Waals surface area contributed by atoms with Gasteiger partial charge in [0.05, 0.1) is 6.61 Å². The summed E-state index contributed by atoms with van der Waals surface area (Å²) < 4.78 is 5.67. The van der Waals surface area contributed by atoms with Crippen molar-refractivity contribution in [3.63, 3.8) is 0 Å². The molecule has 1 aliphatic rings. The Bertz CT molecular complexity index is 672. The Labute approximate surface area is 157 Å². The third-order valence-electron chi connectivity index (χ3n) is 5.62. The van der Waals surface area contributed by atoms with Crippen LogP contribution in [0.4, 0.5) is 0 Å². The number of rotatable bonds is 6. The highest BCUT2D eigenvalue weighted by molar-refractivity contribution is 5.88. The van der Waals surface area contributed by atoms with Crippen LogP contribution in [0, 0.1) is 5.92 Å². The van der Waals surface area contributed by atoms with E-state index in [1.165, 1.54) is 0 Å². The quantitative estimate of drug-likeness (QED) is 0.728. The molecule has 0 saturated carbocycles. The van der Waals surface area contributed by atoms with Gasteiger partial charge in [-0.3, -0.25) is 4.79 Å². The molecule has 138 valence electrons. The van der Waals surface area contributed by atoms with Crippen molar-refractivity contribution in [3.8, 4) is 0 Å². The summed E-state index contributed by atoms with van der Waals surface area (Å²) >= 11 is 0. The summed E-state index contributed by atoms with van der Waals surface area (Å²) in [7, 11) is 0. The molecular formula is C23H29NO2. The van der Waals surface area contributed by atoms with Gasteiger partial charge in [-0.1, -0.05) is 60.7 Å². The number of ether oxygens (including phenoxy) is 1. The maximum Gasteiger partial charge on any atom is 0.321 e. The van der Waals surface area contributed by atoms with Crippen LogP contribution in [0.25, 0.3) is 0 Å². The van der Waals surface area contributed by atoms with Gasteiger partial charge < -0.3 is 9.64 Å². The first-order chi connectivity index (χ1) is 12.6. The van der Waals surface area contributed by atoms with Crippen LogP contribution in [0.3, 0.4) is 0 Å². The highest BCUT2D eigenvalue weighted by atomic mass is 16.5. The minimum absolute atomic E-state index is 0.131. The third kappa shape index (κ3) is 3.28. The molecule has 1 atom stereocenters. The van der Waals surface area contributed by atoms with Crippen LogP contribution >= 0.6 is 0 Å². The molecule has 0 aliphatic carbocycles. The first-order valence-electron chi connectivity index (χ1n) is 9.63. The first kappa shape index (κ1) is 18.7. The average molecular weight is 351 g/mol. The van der Waals surface area contributed by atoms with Gasteiger partial charge in [0, 0.05) is 12.6 Å². The van der Waals surface area contributed by atoms with Crippen molar-refractivity contribution in [2.75, 3.05) is 19.7 Å². The van der Waals surface area contributed by atoms with Crippen molar-refractivity contribution in [1.29, 1.82) is 0 Å². The van der Waals surface area contributed by atoms with Crippen LogP contribution in [0.15, 0.2) is 60.7 Å². The largest absolute Gasteiger partial charge is 0.465 e. The maximum atomic E-state index is 13.5. The van der Waals surface area contributed by atoms with E-state index in [1.807, 2.05) is 43.3 Å². The number of carbonyl (C=O) groups is 1. The zero-order chi connectivity index (χ0) is 18.6. The predicted octanol–water partition coefficient (Wildman–Crippen LogP) is 4.27. The van der Waals surface area contributed by atoms with Crippen LogP contribution in [0.5, 0.6) is 0 Å². The number of esters is 1. The summed E-state index contributed by atoms with van der Waals surface area (Å²) in [6.07, 6.45) is 0.987. The maximum absolute atomic E-state index is 13.5. The van der Waals surface area contributed by atoms with Gasteiger partial charge in [-0.05, 0) is 50.8 Å². The second-order valence-corrected chi connectivity index (χ2v) is 7.33. The van der Waals surface area contributed by atoms with E-state index in [9.17, 15) is 4.79 Å². The molecule has 0 bridgehead atoms. The smallest absolute Gasteiger partial charge is 0.321 e. The molecule has 2 aromatic carbocycles. The number of hydrogen-bond acceptors (Lipinski definition) is 3. The normalized spacial score (nSPS) is 18.2. The van der Waals surface area contributed by atoms with Gasteiger partial charge in [0.15, 0.2) is 0 Å². The molecule has 3 nitrogen and oxygen atoms in total. The lowest BCUT2D eigenvalue weighted by Gasteiger charge is -2.38. The zero-order valence-electron chi connectivity index (χ0n) is 16.0. The van der Waals surface area contributed by atoms with E-state index < -0.39 is 5.41 Å². The summed E-state index contributed by atoms with van der Waals surface area (Å²) in [4.78, 5) is 16.0. The molecule has 0 amide bonds. The number of likely N-dealkylation sites (tertiary alicyclic amines) is 1. The first-order valence-corrected chi connectivity index (χ1v) is 9.63. The second kappa shape index (κ2) is 8.05. The fraction of sp³-hybridized carbons (Fsp3) is 0.435. The van der Waals surface area contributed by atoms with Crippen LogP contribution in [0.2, 0.25) is 0 Å². The minimum Gasteiger partial charge on any atom is -0.465 e. The summed E-state index contributed by atoms with van der Waals surface area (Å²) in [6, 6.07) is 20.8. The lowest BCUT2D eigenvalue weighted by Crippen LogP contribution is -2.47. The highest BCUT2D eigenvalue weighted by Crippen LogP contribution is 2.45. The molecule has 0 unspecified atom stereocenters. The summed E-state index contributed by atoms with van der Waals surface area (Å²) in [5, 5.41) is 0. The molecular weight excluding hydrogens is 322 g/mol. The SMILES string of the molecule is CCOC(=O)C(c1ccccc1)(c1ccccc1)[C@H]1CCN(C(C)C)C1. The Morgan fingerprint density at radius 1 is 1.08 bits per heavy atom. The van der Waals surface area contributed by atoms with Crippen molar-refractivity contribution in [1.82, 2.24) is 4.90 Å². The van der Waals surface area contributed by atoms with Gasteiger partial charge in [0.1, 0.15) is 5.41 Å². The van der Waals surface area contributed by atoms with Crippen molar-refractivity contribution in [2.24, 2.45) is 5.92 Å². The van der Waals surface area contributed by atoms with E-state index in [1.54, 1.807) is 0 Å². The molecule has 2 aromatic rings. The Hall–Kier alpha value is -2.13. The van der Waals surface area contributed by atoms with Crippen molar-refractivity contribution in [3.05, 3.63) is 71.8 Å². The van der Waals surface area contributed by atoms with Gasteiger partial charge in [-0.15, -0.1) is 0 Å². The molecule has 1 heterocycles. The van der Waals surface area contributed by atoms with Gasteiger partial charge in [-0.2, -0.15) is 0 Å². The van der Waals surface area contributed by atoms with Gasteiger partial charge in [0.25, 0.3) is 0 Å². The second-order valence-electron chi connectivity index (χ2n) is 7.33. The number of nitrogens with zero attached hydrogens (tertiary/aromatic N) is 1. The van der Waals surface area contributed by atoms with Crippen molar-refractivity contribution in [2.45, 2.75) is 38.6 Å². The number of hydrogen-bond donors (Lipinski definition) is 0. The zero-order valence-corrected chi connectivity index (χ0v) is 16.0. The van der Waals surface area contributed by atoms with E-state index in [-0.39, 0.29) is 11.9 Å². The fourth-order valence-corrected chi connectivity index (χ4v) is 4.30. The molecule has 0 aromatic heterocycles. The van der Waals surface area contributed by atoms with Crippen molar-refractivity contribution >= 4 is 5.97 Å². The fourth-order valence-electron chi connectivity index (χ4n) is 4.30. The lowest BCUT2D eigenvalue weighted by atomic mass is 9.65. The van der Waals surface area contributed by atoms with E-state index in [2.05, 4.69) is 43.0 Å². The summed E-state index contributed by atoms with van der Waals surface area (Å²) in [6.45, 7) is 8.64. The molecule has 0 N–H and O–H groups in total. The van der Waals surface area contributed by atoms with Crippen LogP contribution in [-0.2, 0) is 14.9 Å². The molecule has 0 radical (unpaired) electrons. The molecule has 3 heteroatoms. The van der Waals surface area contributed by atoms with E-state index in [0.717, 1.165) is 30.6 Å². The van der Waals surface area contributed by atoms with Gasteiger partial charge >= 0.3 is 5.97 Å². The van der Waals surface area contributed by atoms with Crippen LogP contribution in [0.1, 0.15) is 38.3 Å². The predicted molar refractivity (Wildman–Crippen MR) is 105 cm³/mol. The van der Waals surface area contributed by atoms with Crippen molar-refractivity contribution < 1.29 is 9.53 Å². The van der Waals surface area contributed by atoms with E-state index in [4.69, 9.17) is 4.74 Å². The minimum atomic E-state index is -0.762. The Kier molecular flexibility index (Phi) is 5.77. The Morgan fingerprint density at radius 2 is 1.62 bits per heavy atom. The van der Waals surface area contributed by atoms with E-state index >= 15 is 0 Å². The van der Waals surface area contributed by atoms with Gasteiger partial charge in [0.2, 0.25) is 0 Å². The molecule has 1 aliphatic heterocycles. The molecule has 3 rings (SSSR count). The Morgan fingerprint density at radius 3 is 2.04 bits per heavy atom. The number of carbonyl (C=O) groups excluding carboxylic acids is 1. The molecule has 26 heavy (non-hydrogen) atoms. The Balaban J connectivity index is 2.17. The average Bonchev–Trinajstić information content (AvgIpc) is 3.15. The summed E-state index contributed by atoms with van der Waals surface area (Å²) in [5.41, 5.74) is 1.29. The molecule has 0 spiro atoms.